The summed E-state index contributed by atoms with van der Waals surface area (Å²) < 4.78 is 5.79. The summed E-state index contributed by atoms with van der Waals surface area (Å²) in [6.45, 7) is 4.98. The Morgan fingerprint density at radius 3 is 2.35 bits per heavy atom. The van der Waals surface area contributed by atoms with Gasteiger partial charge in [0.1, 0.15) is 5.75 Å². The highest BCUT2D eigenvalue weighted by molar-refractivity contribution is 5.41. The molecule has 106 valence electrons. The predicted molar refractivity (Wildman–Crippen MR) is 84.1 cm³/mol. The predicted octanol–water partition coefficient (Wildman–Crippen LogP) is 4.09. The molecule has 0 spiro atoms. The van der Waals surface area contributed by atoms with Crippen LogP contribution in [0.25, 0.3) is 0 Å². The van der Waals surface area contributed by atoms with E-state index in [-0.39, 0.29) is 6.04 Å². The number of aryl methyl sites for hydroxylation is 1. The van der Waals surface area contributed by atoms with E-state index < -0.39 is 0 Å². The van der Waals surface area contributed by atoms with E-state index in [1.165, 1.54) is 5.56 Å². The molecular formula is C18H23NO. The van der Waals surface area contributed by atoms with Crippen molar-refractivity contribution in [3.8, 4) is 5.75 Å². The minimum absolute atomic E-state index is 0.144. The van der Waals surface area contributed by atoms with Crippen molar-refractivity contribution < 1.29 is 4.74 Å². The van der Waals surface area contributed by atoms with Crippen molar-refractivity contribution in [3.05, 3.63) is 65.2 Å². The topological polar surface area (TPSA) is 35.2 Å². The van der Waals surface area contributed by atoms with E-state index in [2.05, 4.69) is 38.1 Å². The van der Waals surface area contributed by atoms with Crippen LogP contribution in [0.3, 0.4) is 0 Å². The fourth-order valence-electron chi connectivity index (χ4n) is 2.22. The molecule has 0 saturated carbocycles. The third kappa shape index (κ3) is 3.40. The van der Waals surface area contributed by atoms with Gasteiger partial charge in [-0.3, -0.25) is 0 Å². The number of hydrogen-bond donors (Lipinski definition) is 1. The van der Waals surface area contributed by atoms with Crippen molar-refractivity contribution in [3.63, 3.8) is 0 Å². The zero-order valence-electron chi connectivity index (χ0n) is 12.3. The van der Waals surface area contributed by atoms with Gasteiger partial charge in [0.05, 0.1) is 12.6 Å². The Morgan fingerprint density at radius 1 is 1.00 bits per heavy atom. The standard InChI is InChI=1S/C18H23NO/c1-3-13-20-17-8-6-5-7-16(17)18(19)15-11-9-14(4-2)10-12-15/h5-12,18H,3-4,13,19H2,1-2H3. The van der Waals surface area contributed by atoms with Crippen LogP contribution < -0.4 is 10.5 Å². The minimum Gasteiger partial charge on any atom is -0.493 e. The van der Waals surface area contributed by atoms with Gasteiger partial charge in [0, 0.05) is 5.56 Å². The Hall–Kier alpha value is -1.80. The quantitative estimate of drug-likeness (QED) is 0.857. The van der Waals surface area contributed by atoms with Crippen LogP contribution in [0.2, 0.25) is 0 Å². The smallest absolute Gasteiger partial charge is 0.124 e. The lowest BCUT2D eigenvalue weighted by molar-refractivity contribution is 0.313. The van der Waals surface area contributed by atoms with Gasteiger partial charge in [-0.15, -0.1) is 0 Å². The third-order valence-electron chi connectivity index (χ3n) is 3.46. The van der Waals surface area contributed by atoms with Crippen LogP contribution in [-0.2, 0) is 6.42 Å². The largest absolute Gasteiger partial charge is 0.493 e. The molecule has 2 aromatic carbocycles. The van der Waals surface area contributed by atoms with Gasteiger partial charge in [-0.1, -0.05) is 56.3 Å². The highest BCUT2D eigenvalue weighted by atomic mass is 16.5. The lowest BCUT2D eigenvalue weighted by atomic mass is 9.97. The summed E-state index contributed by atoms with van der Waals surface area (Å²) in [7, 11) is 0. The first-order valence-electron chi connectivity index (χ1n) is 7.32. The summed E-state index contributed by atoms with van der Waals surface area (Å²) in [5.41, 5.74) is 9.90. The molecular weight excluding hydrogens is 246 g/mol. The number of ether oxygens (including phenoxy) is 1. The first-order valence-corrected chi connectivity index (χ1v) is 7.32. The molecule has 0 radical (unpaired) electrons. The lowest BCUT2D eigenvalue weighted by Crippen LogP contribution is -2.13. The molecule has 0 aliphatic heterocycles. The number of hydrogen-bond acceptors (Lipinski definition) is 2. The summed E-state index contributed by atoms with van der Waals surface area (Å²) in [6.07, 6.45) is 2.04. The Balaban J connectivity index is 2.24. The molecule has 2 aromatic rings. The molecule has 20 heavy (non-hydrogen) atoms. The van der Waals surface area contributed by atoms with Crippen LogP contribution in [0, 0.1) is 0 Å². The van der Waals surface area contributed by atoms with Crippen LogP contribution in [0.4, 0.5) is 0 Å². The Labute approximate surface area is 121 Å². The van der Waals surface area contributed by atoms with E-state index >= 15 is 0 Å². The molecule has 0 amide bonds. The molecule has 2 N–H and O–H groups in total. The van der Waals surface area contributed by atoms with E-state index in [1.807, 2.05) is 24.3 Å². The van der Waals surface area contributed by atoms with Gasteiger partial charge in [0.25, 0.3) is 0 Å². The van der Waals surface area contributed by atoms with Gasteiger partial charge < -0.3 is 10.5 Å². The molecule has 0 aromatic heterocycles. The normalized spacial score (nSPS) is 12.2. The molecule has 0 aliphatic rings. The van der Waals surface area contributed by atoms with Crippen LogP contribution in [0.15, 0.2) is 48.5 Å². The minimum atomic E-state index is -0.144. The van der Waals surface area contributed by atoms with Crippen molar-refractivity contribution >= 4 is 0 Å². The third-order valence-corrected chi connectivity index (χ3v) is 3.46. The van der Waals surface area contributed by atoms with Crippen LogP contribution in [-0.4, -0.2) is 6.61 Å². The highest BCUT2D eigenvalue weighted by Crippen LogP contribution is 2.28. The molecule has 0 aliphatic carbocycles. The van der Waals surface area contributed by atoms with E-state index in [1.54, 1.807) is 0 Å². The monoisotopic (exact) mass is 269 g/mol. The number of para-hydroxylation sites is 1. The fraction of sp³-hybridized carbons (Fsp3) is 0.333. The zero-order valence-corrected chi connectivity index (χ0v) is 12.3. The summed E-state index contributed by atoms with van der Waals surface area (Å²) in [4.78, 5) is 0. The van der Waals surface area contributed by atoms with Gasteiger partial charge >= 0.3 is 0 Å². The van der Waals surface area contributed by atoms with Crippen LogP contribution in [0.1, 0.15) is 43.0 Å². The average molecular weight is 269 g/mol. The zero-order chi connectivity index (χ0) is 14.4. The fourth-order valence-corrected chi connectivity index (χ4v) is 2.22. The van der Waals surface area contributed by atoms with E-state index in [0.717, 1.165) is 36.3 Å². The first-order chi connectivity index (χ1) is 9.76. The van der Waals surface area contributed by atoms with Gasteiger partial charge in [-0.05, 0) is 30.0 Å². The highest BCUT2D eigenvalue weighted by Gasteiger charge is 2.13. The van der Waals surface area contributed by atoms with Crippen LogP contribution >= 0.6 is 0 Å². The summed E-state index contributed by atoms with van der Waals surface area (Å²) in [5.74, 6) is 0.890. The molecule has 1 atom stereocenters. The molecule has 0 fully saturated rings. The second kappa shape index (κ2) is 7.11. The Bertz CT molecular complexity index is 533. The number of nitrogens with two attached hydrogens (primary N) is 1. The van der Waals surface area contributed by atoms with E-state index in [0.29, 0.717) is 0 Å². The number of benzene rings is 2. The SMILES string of the molecule is CCCOc1ccccc1C(N)c1ccc(CC)cc1. The second-order valence-corrected chi connectivity index (χ2v) is 4.96. The van der Waals surface area contributed by atoms with Gasteiger partial charge in [0.2, 0.25) is 0 Å². The van der Waals surface area contributed by atoms with Crippen molar-refractivity contribution in [1.29, 1.82) is 0 Å². The second-order valence-electron chi connectivity index (χ2n) is 4.96. The molecule has 1 unspecified atom stereocenters. The molecule has 0 saturated heterocycles. The molecule has 0 bridgehead atoms. The van der Waals surface area contributed by atoms with Crippen molar-refractivity contribution in [2.24, 2.45) is 5.73 Å². The maximum Gasteiger partial charge on any atom is 0.124 e. The van der Waals surface area contributed by atoms with Gasteiger partial charge in [-0.25, -0.2) is 0 Å². The van der Waals surface area contributed by atoms with E-state index in [4.69, 9.17) is 10.5 Å². The van der Waals surface area contributed by atoms with Gasteiger partial charge in [-0.2, -0.15) is 0 Å². The van der Waals surface area contributed by atoms with Crippen molar-refractivity contribution in [2.45, 2.75) is 32.7 Å². The summed E-state index contributed by atoms with van der Waals surface area (Å²) in [5, 5.41) is 0. The molecule has 2 heteroatoms. The number of rotatable bonds is 6. The van der Waals surface area contributed by atoms with E-state index in [9.17, 15) is 0 Å². The van der Waals surface area contributed by atoms with Crippen LogP contribution in [0.5, 0.6) is 5.75 Å². The lowest BCUT2D eigenvalue weighted by Gasteiger charge is -2.17. The van der Waals surface area contributed by atoms with Gasteiger partial charge in [0.15, 0.2) is 0 Å². The summed E-state index contributed by atoms with van der Waals surface area (Å²) in [6, 6.07) is 16.4. The Kier molecular flexibility index (Phi) is 5.19. The molecule has 2 nitrogen and oxygen atoms in total. The van der Waals surface area contributed by atoms with Crippen molar-refractivity contribution in [2.75, 3.05) is 6.61 Å². The molecule has 0 heterocycles. The average Bonchev–Trinajstić information content (AvgIpc) is 2.52. The molecule has 2 rings (SSSR count). The Morgan fingerprint density at radius 2 is 1.70 bits per heavy atom. The summed E-state index contributed by atoms with van der Waals surface area (Å²) >= 11 is 0. The van der Waals surface area contributed by atoms with Crippen molar-refractivity contribution in [1.82, 2.24) is 0 Å². The maximum atomic E-state index is 6.40. The first kappa shape index (κ1) is 14.6. The maximum absolute atomic E-state index is 6.40.